The molecule has 1 aromatic carbocycles. The molecule has 0 aromatic heterocycles. The maximum Gasteiger partial charge on any atom is 0.324 e. The van der Waals surface area contributed by atoms with Crippen molar-refractivity contribution in [3.05, 3.63) is 35.4 Å². The van der Waals surface area contributed by atoms with Gasteiger partial charge in [0.15, 0.2) is 6.10 Å². The standard InChI is InChI=1S/C62H106N10O11/c1-24-41(11)51-54(74)63-42(12)55(75)70(21)48(33-36(2)3)53(73)64-46(35-45-30-28-40(10)29-31-45)58(78)66(17)32-26-25-27-47(59(79)67(18)44(14)57(77)72(51)23)69(20)60(80)49(34-37(4)5)71(22)56(76)43(13)68(19)61(81)52(39(8)9)83-62(82)50(38(6)7)65(15)16/h28-31,36-39,41-44,46-52H,24-27,32-35H2,1-23H3,(H,63,74)(H,64,73)/t41-,42-,43-,44-,46-,47-,48-,49-,50-,51-,52+/m0/s1. The monoisotopic (exact) mass is 1170 g/mol. The number of carbonyl (C=O) groups is 10. The molecule has 1 aliphatic heterocycles. The maximum atomic E-state index is 15.2. The summed E-state index contributed by atoms with van der Waals surface area (Å²) in [6.45, 7) is 25.3. The summed E-state index contributed by atoms with van der Waals surface area (Å²) < 4.78 is 5.86. The highest BCUT2D eigenvalue weighted by atomic mass is 16.6. The van der Waals surface area contributed by atoms with Gasteiger partial charge < -0.3 is 49.7 Å². The third kappa shape index (κ3) is 19.7. The first-order valence-corrected chi connectivity index (χ1v) is 29.8. The number of nitrogens with one attached hydrogen (secondary N) is 2. The van der Waals surface area contributed by atoms with Crippen LogP contribution in [0.25, 0.3) is 0 Å². The minimum absolute atomic E-state index is 0.0509. The molecule has 1 fully saturated rings. The van der Waals surface area contributed by atoms with E-state index >= 15 is 9.59 Å². The van der Waals surface area contributed by atoms with Gasteiger partial charge in [0.2, 0.25) is 47.3 Å². The van der Waals surface area contributed by atoms with Gasteiger partial charge in [0.1, 0.15) is 54.4 Å². The van der Waals surface area contributed by atoms with Gasteiger partial charge in [0.05, 0.1) is 0 Å². The molecule has 83 heavy (non-hydrogen) atoms. The van der Waals surface area contributed by atoms with E-state index in [4.69, 9.17) is 4.74 Å². The first-order valence-electron chi connectivity index (χ1n) is 29.8. The van der Waals surface area contributed by atoms with Gasteiger partial charge in [0.25, 0.3) is 5.91 Å². The molecule has 0 aliphatic carbocycles. The van der Waals surface area contributed by atoms with Crippen LogP contribution in [-0.4, -0.2) is 229 Å². The fourth-order valence-corrected chi connectivity index (χ4v) is 10.8. The molecule has 470 valence electrons. The quantitative estimate of drug-likeness (QED) is 0.183. The molecule has 0 spiro atoms. The highest BCUT2D eigenvalue weighted by molar-refractivity contribution is 5.98. The summed E-state index contributed by atoms with van der Waals surface area (Å²) in [6.07, 6.45) is 0.554. The Morgan fingerprint density at radius 1 is 0.663 bits per heavy atom. The molecular formula is C62H106N10O11. The molecule has 0 saturated carbocycles. The zero-order valence-electron chi connectivity index (χ0n) is 54.7. The van der Waals surface area contributed by atoms with Crippen molar-refractivity contribution in [1.82, 2.24) is 49.8 Å². The van der Waals surface area contributed by atoms with E-state index in [0.29, 0.717) is 19.3 Å². The molecule has 11 atom stereocenters. The molecule has 9 amide bonds. The zero-order valence-corrected chi connectivity index (χ0v) is 54.7. The molecular weight excluding hydrogens is 1060 g/mol. The van der Waals surface area contributed by atoms with Gasteiger partial charge in [-0.15, -0.1) is 0 Å². The van der Waals surface area contributed by atoms with Crippen LogP contribution >= 0.6 is 0 Å². The number of hydrogen-bond donors (Lipinski definition) is 2. The predicted molar refractivity (Wildman–Crippen MR) is 322 cm³/mol. The molecule has 1 heterocycles. The van der Waals surface area contributed by atoms with Crippen molar-refractivity contribution < 1.29 is 52.7 Å². The Morgan fingerprint density at radius 2 is 1.24 bits per heavy atom. The number of likely N-dealkylation sites (N-methyl/N-ethyl adjacent to an activating group) is 8. The molecule has 0 unspecified atom stereocenters. The normalized spacial score (nSPS) is 22.7. The summed E-state index contributed by atoms with van der Waals surface area (Å²) in [7, 11) is 14.0. The average Bonchev–Trinajstić information content (AvgIpc) is 3.50. The Labute approximate surface area is 497 Å². The predicted octanol–water partition coefficient (Wildman–Crippen LogP) is 4.46. The Hall–Kier alpha value is -6.12. The molecule has 21 nitrogen and oxygen atoms in total. The van der Waals surface area contributed by atoms with Crippen LogP contribution in [0.1, 0.15) is 140 Å². The second-order valence-electron chi connectivity index (χ2n) is 25.2. The van der Waals surface area contributed by atoms with E-state index in [1.54, 1.807) is 39.9 Å². The smallest absolute Gasteiger partial charge is 0.324 e. The van der Waals surface area contributed by atoms with Crippen LogP contribution in [0, 0.1) is 36.5 Å². The van der Waals surface area contributed by atoms with Crippen molar-refractivity contribution in [2.75, 3.05) is 70.0 Å². The summed E-state index contributed by atoms with van der Waals surface area (Å²) in [4.78, 5) is 156. The van der Waals surface area contributed by atoms with E-state index in [2.05, 4.69) is 10.6 Å². The number of aryl methyl sites for hydroxylation is 1. The SMILES string of the molecule is CC[C@H](C)[C@H]1C(=O)N[C@@H](C)C(=O)N(C)[C@@H](CC(C)C)C(=O)N[C@@H](Cc2ccc(C)cc2)C(=O)N(C)CCCC[C@H](N(C)C(=O)[C@H](CC(C)C)N(C)C(=O)[C@H](C)N(C)C(=O)[C@H](OC(=O)[C@H](C(C)C)N(C)C)C(C)C)C(=O)N(C)[C@@H](C)C(=O)N1C. The molecule has 2 rings (SSSR count). The van der Waals surface area contributed by atoms with E-state index < -0.39 is 126 Å². The second-order valence-corrected chi connectivity index (χ2v) is 25.2. The van der Waals surface area contributed by atoms with E-state index in [9.17, 15) is 38.4 Å². The van der Waals surface area contributed by atoms with Crippen LogP contribution in [0.5, 0.6) is 0 Å². The second kappa shape index (κ2) is 32.8. The number of amides is 9. The van der Waals surface area contributed by atoms with Crippen LogP contribution in [0.2, 0.25) is 0 Å². The number of hydrogen-bond acceptors (Lipinski definition) is 12. The zero-order chi connectivity index (χ0) is 63.8. The van der Waals surface area contributed by atoms with Gasteiger partial charge >= 0.3 is 5.97 Å². The minimum atomic E-state index is -1.21. The third-order valence-electron chi connectivity index (χ3n) is 16.5. The first-order chi connectivity index (χ1) is 38.4. The lowest BCUT2D eigenvalue weighted by Crippen LogP contribution is -2.61. The van der Waals surface area contributed by atoms with Gasteiger partial charge in [0, 0.05) is 62.3 Å². The topological polar surface area (TPSA) is 230 Å². The van der Waals surface area contributed by atoms with Crippen molar-refractivity contribution in [2.45, 2.75) is 202 Å². The number of ether oxygens (including phenoxy) is 1. The number of esters is 1. The van der Waals surface area contributed by atoms with Gasteiger partial charge in [-0.3, -0.25) is 52.8 Å². The summed E-state index contributed by atoms with van der Waals surface area (Å²) in [6, 6.07) is -1.90. The van der Waals surface area contributed by atoms with E-state index in [-0.39, 0.29) is 55.9 Å². The number of benzene rings is 1. The first kappa shape index (κ1) is 73.0. The lowest BCUT2D eigenvalue weighted by atomic mass is 9.95. The Bertz CT molecular complexity index is 2370. The van der Waals surface area contributed by atoms with Crippen molar-refractivity contribution in [2.24, 2.45) is 29.6 Å². The fourth-order valence-electron chi connectivity index (χ4n) is 10.8. The van der Waals surface area contributed by atoms with E-state index in [1.807, 2.05) is 86.6 Å². The molecule has 1 aliphatic rings. The lowest BCUT2D eigenvalue weighted by molar-refractivity contribution is -0.169. The van der Waals surface area contributed by atoms with Gasteiger partial charge in [-0.05, 0) is 109 Å². The summed E-state index contributed by atoms with van der Waals surface area (Å²) in [5.41, 5.74) is 1.81. The van der Waals surface area contributed by atoms with E-state index in [1.165, 1.54) is 97.4 Å². The van der Waals surface area contributed by atoms with Crippen molar-refractivity contribution in [3.63, 3.8) is 0 Å². The van der Waals surface area contributed by atoms with Crippen LogP contribution in [0.4, 0.5) is 0 Å². The highest BCUT2D eigenvalue weighted by Crippen LogP contribution is 2.24. The molecule has 1 saturated heterocycles. The number of nitrogens with zero attached hydrogens (tertiary/aromatic N) is 8. The third-order valence-corrected chi connectivity index (χ3v) is 16.5. The van der Waals surface area contributed by atoms with Crippen LogP contribution in [0.3, 0.4) is 0 Å². The van der Waals surface area contributed by atoms with Crippen molar-refractivity contribution >= 4 is 59.1 Å². The molecule has 0 radical (unpaired) electrons. The molecule has 21 heteroatoms. The fraction of sp³-hybridized carbons (Fsp3) is 0.742. The van der Waals surface area contributed by atoms with Gasteiger partial charge in [-0.25, -0.2) is 0 Å². The Balaban J connectivity index is 2.76. The van der Waals surface area contributed by atoms with Crippen LogP contribution in [-0.2, 0) is 59.1 Å². The highest BCUT2D eigenvalue weighted by Gasteiger charge is 2.43. The average molecular weight is 1170 g/mol. The van der Waals surface area contributed by atoms with Crippen LogP contribution in [0.15, 0.2) is 24.3 Å². The van der Waals surface area contributed by atoms with Crippen LogP contribution < -0.4 is 10.6 Å². The Morgan fingerprint density at radius 3 is 1.75 bits per heavy atom. The van der Waals surface area contributed by atoms with Crippen molar-refractivity contribution in [1.29, 1.82) is 0 Å². The Kier molecular flexibility index (Phi) is 28.8. The summed E-state index contributed by atoms with van der Waals surface area (Å²) in [5.74, 6) is -6.74. The van der Waals surface area contributed by atoms with Crippen molar-refractivity contribution in [3.8, 4) is 0 Å². The number of carbonyl (C=O) groups excluding carboxylic acids is 10. The van der Waals surface area contributed by atoms with E-state index in [0.717, 1.165) is 11.1 Å². The molecule has 1 aromatic rings. The largest absolute Gasteiger partial charge is 0.451 e. The molecule has 0 bridgehead atoms. The summed E-state index contributed by atoms with van der Waals surface area (Å²) in [5, 5.41) is 5.79. The van der Waals surface area contributed by atoms with Gasteiger partial charge in [-0.1, -0.05) is 105 Å². The minimum Gasteiger partial charge on any atom is -0.451 e. The maximum absolute atomic E-state index is 15.2. The van der Waals surface area contributed by atoms with Gasteiger partial charge in [-0.2, -0.15) is 0 Å². The summed E-state index contributed by atoms with van der Waals surface area (Å²) >= 11 is 0. The number of rotatable bonds is 19. The molecule has 2 N–H and O–H groups in total. The lowest BCUT2D eigenvalue weighted by Gasteiger charge is -2.40.